The molecule has 1 spiro atoms. The lowest BCUT2D eigenvalue weighted by Crippen LogP contribution is -2.54. The fraction of sp³-hybridized carbons (Fsp3) is 0.348. The van der Waals surface area contributed by atoms with Crippen LogP contribution in [0.1, 0.15) is 24.0 Å². The van der Waals surface area contributed by atoms with E-state index in [1.54, 1.807) is 18.2 Å². The standard InChI is InChI=1S/C23H19ClFN3O3/c1-11-13(24)9-8-12-19(11)26-22(31)23(12)18-17(16-7-4-10-27(16)23)20(29)28(21(18)30)15-6-3-2-5-14(15)25/h2-3,5-6,8-9,16-18H,4,7,10H2,1H3,(H,26,31)/t16-,17-,18-,23-/m1/s1. The lowest BCUT2D eigenvalue weighted by molar-refractivity contribution is -0.135. The van der Waals surface area contributed by atoms with Crippen LogP contribution in [0.3, 0.4) is 0 Å². The molecule has 0 bridgehead atoms. The van der Waals surface area contributed by atoms with Gasteiger partial charge in [0.2, 0.25) is 17.7 Å². The second-order valence-electron chi connectivity index (χ2n) is 8.69. The zero-order valence-corrected chi connectivity index (χ0v) is 17.4. The number of nitrogens with one attached hydrogen (secondary N) is 1. The summed E-state index contributed by atoms with van der Waals surface area (Å²) in [5.41, 5.74) is 0.663. The van der Waals surface area contributed by atoms with Crippen LogP contribution in [0.25, 0.3) is 0 Å². The molecule has 4 aliphatic rings. The summed E-state index contributed by atoms with van der Waals surface area (Å²) in [6.07, 6.45) is 1.54. The molecule has 8 heteroatoms. The second kappa shape index (κ2) is 6.14. The van der Waals surface area contributed by atoms with E-state index >= 15 is 0 Å². The average Bonchev–Trinajstić information content (AvgIpc) is 3.45. The van der Waals surface area contributed by atoms with Crippen molar-refractivity contribution >= 4 is 40.7 Å². The smallest absolute Gasteiger partial charge is 0.250 e. The van der Waals surface area contributed by atoms with Crippen LogP contribution in [0.15, 0.2) is 36.4 Å². The van der Waals surface area contributed by atoms with Gasteiger partial charge in [0, 0.05) is 16.6 Å². The number of hydrogen-bond acceptors (Lipinski definition) is 4. The van der Waals surface area contributed by atoms with Gasteiger partial charge in [-0.3, -0.25) is 19.3 Å². The predicted molar refractivity (Wildman–Crippen MR) is 112 cm³/mol. The van der Waals surface area contributed by atoms with E-state index in [4.69, 9.17) is 11.6 Å². The minimum atomic E-state index is -1.29. The average molecular weight is 440 g/mol. The van der Waals surface area contributed by atoms with Gasteiger partial charge in [0.15, 0.2) is 0 Å². The number of anilines is 2. The number of benzene rings is 2. The molecule has 4 atom stereocenters. The van der Waals surface area contributed by atoms with E-state index < -0.39 is 35.0 Å². The van der Waals surface area contributed by atoms with Gasteiger partial charge in [-0.2, -0.15) is 0 Å². The molecule has 6 nitrogen and oxygen atoms in total. The molecule has 0 saturated carbocycles. The third-order valence-corrected chi connectivity index (χ3v) is 7.87. The van der Waals surface area contributed by atoms with Crippen LogP contribution in [-0.2, 0) is 19.9 Å². The predicted octanol–water partition coefficient (Wildman–Crippen LogP) is 3.22. The van der Waals surface area contributed by atoms with Crippen molar-refractivity contribution in [3.05, 3.63) is 58.4 Å². The summed E-state index contributed by atoms with van der Waals surface area (Å²) in [7, 11) is 0. The van der Waals surface area contributed by atoms with E-state index in [1.807, 2.05) is 11.8 Å². The zero-order valence-electron chi connectivity index (χ0n) is 16.7. The number of carbonyl (C=O) groups is 3. The minimum Gasteiger partial charge on any atom is -0.324 e. The van der Waals surface area contributed by atoms with Gasteiger partial charge in [-0.15, -0.1) is 0 Å². The molecule has 0 radical (unpaired) electrons. The van der Waals surface area contributed by atoms with Crippen molar-refractivity contribution in [3.63, 3.8) is 0 Å². The normalized spacial score (nSPS) is 31.4. The van der Waals surface area contributed by atoms with E-state index in [0.717, 1.165) is 16.9 Å². The first-order valence-corrected chi connectivity index (χ1v) is 10.8. The van der Waals surface area contributed by atoms with Crippen LogP contribution in [-0.4, -0.2) is 35.2 Å². The largest absolute Gasteiger partial charge is 0.324 e. The first-order valence-electron chi connectivity index (χ1n) is 10.4. The molecule has 4 heterocycles. The van der Waals surface area contributed by atoms with Crippen molar-refractivity contribution in [2.24, 2.45) is 11.8 Å². The summed E-state index contributed by atoms with van der Waals surface area (Å²) in [6, 6.07) is 9.02. The number of hydrogen-bond donors (Lipinski definition) is 1. The maximum atomic E-state index is 14.6. The minimum absolute atomic E-state index is 0.0579. The number of amides is 3. The van der Waals surface area contributed by atoms with Crippen LogP contribution in [0.5, 0.6) is 0 Å². The molecular formula is C23H19ClFN3O3. The summed E-state index contributed by atoms with van der Waals surface area (Å²) in [5.74, 6) is -3.51. The Morgan fingerprint density at radius 3 is 2.68 bits per heavy atom. The molecule has 3 amide bonds. The van der Waals surface area contributed by atoms with Gasteiger partial charge < -0.3 is 5.32 Å². The summed E-state index contributed by atoms with van der Waals surface area (Å²) < 4.78 is 14.6. The van der Waals surface area contributed by atoms with E-state index in [1.165, 1.54) is 18.2 Å². The lowest BCUT2D eigenvalue weighted by atomic mass is 9.75. The maximum Gasteiger partial charge on any atom is 0.250 e. The van der Waals surface area contributed by atoms with Crippen molar-refractivity contribution in [1.29, 1.82) is 0 Å². The number of carbonyl (C=O) groups excluding carboxylic acids is 3. The van der Waals surface area contributed by atoms with Crippen molar-refractivity contribution in [1.82, 2.24) is 4.90 Å². The van der Waals surface area contributed by atoms with Crippen LogP contribution in [0, 0.1) is 24.6 Å². The summed E-state index contributed by atoms with van der Waals surface area (Å²) in [6.45, 7) is 2.44. The van der Waals surface area contributed by atoms with Gasteiger partial charge in [-0.1, -0.05) is 29.8 Å². The van der Waals surface area contributed by atoms with Crippen LogP contribution in [0.2, 0.25) is 5.02 Å². The molecule has 0 aliphatic carbocycles. The van der Waals surface area contributed by atoms with Gasteiger partial charge in [-0.05, 0) is 50.1 Å². The highest BCUT2D eigenvalue weighted by molar-refractivity contribution is 6.32. The summed E-state index contributed by atoms with van der Waals surface area (Å²) >= 11 is 6.29. The molecule has 6 rings (SSSR count). The van der Waals surface area contributed by atoms with Gasteiger partial charge in [0.1, 0.15) is 11.4 Å². The Morgan fingerprint density at radius 2 is 1.90 bits per heavy atom. The Labute approximate surface area is 183 Å². The van der Waals surface area contributed by atoms with Crippen molar-refractivity contribution in [2.75, 3.05) is 16.8 Å². The van der Waals surface area contributed by atoms with Crippen molar-refractivity contribution < 1.29 is 18.8 Å². The van der Waals surface area contributed by atoms with Crippen LogP contribution >= 0.6 is 11.6 Å². The molecule has 0 aromatic heterocycles. The first kappa shape index (κ1) is 19.0. The molecule has 0 unspecified atom stereocenters. The van der Waals surface area contributed by atoms with E-state index in [-0.39, 0.29) is 17.6 Å². The highest BCUT2D eigenvalue weighted by Crippen LogP contribution is 2.61. The van der Waals surface area contributed by atoms with Crippen molar-refractivity contribution in [3.8, 4) is 0 Å². The molecule has 1 N–H and O–H groups in total. The maximum absolute atomic E-state index is 14.6. The quantitative estimate of drug-likeness (QED) is 0.693. The molecule has 158 valence electrons. The fourth-order valence-electron chi connectivity index (χ4n) is 6.26. The van der Waals surface area contributed by atoms with Gasteiger partial charge in [0.25, 0.3) is 0 Å². The van der Waals surface area contributed by atoms with Gasteiger partial charge in [-0.25, -0.2) is 9.29 Å². The van der Waals surface area contributed by atoms with Gasteiger partial charge in [0.05, 0.1) is 23.2 Å². The van der Waals surface area contributed by atoms with Gasteiger partial charge >= 0.3 is 0 Å². The molecule has 31 heavy (non-hydrogen) atoms. The lowest BCUT2D eigenvalue weighted by Gasteiger charge is -2.36. The number of nitrogens with zero attached hydrogens (tertiary/aromatic N) is 2. The Kier molecular flexibility index (Phi) is 3.76. The highest BCUT2D eigenvalue weighted by atomic mass is 35.5. The fourth-order valence-corrected chi connectivity index (χ4v) is 6.42. The molecule has 3 fully saturated rings. The molecular weight excluding hydrogens is 421 g/mol. The topological polar surface area (TPSA) is 69.7 Å². The molecule has 2 aromatic rings. The zero-order chi connectivity index (χ0) is 21.7. The number of para-hydroxylation sites is 1. The third kappa shape index (κ3) is 2.08. The monoisotopic (exact) mass is 439 g/mol. The van der Waals surface area contributed by atoms with Crippen LogP contribution < -0.4 is 10.2 Å². The van der Waals surface area contributed by atoms with E-state index in [9.17, 15) is 18.8 Å². The van der Waals surface area contributed by atoms with Crippen molar-refractivity contribution in [2.45, 2.75) is 31.3 Å². The Bertz CT molecular complexity index is 1200. The number of imide groups is 1. The number of halogens is 2. The summed E-state index contributed by atoms with van der Waals surface area (Å²) in [5, 5.41) is 3.46. The number of rotatable bonds is 1. The summed E-state index contributed by atoms with van der Waals surface area (Å²) in [4.78, 5) is 43.9. The Morgan fingerprint density at radius 1 is 1.13 bits per heavy atom. The molecule has 2 aromatic carbocycles. The third-order valence-electron chi connectivity index (χ3n) is 7.46. The molecule has 3 saturated heterocycles. The van der Waals surface area contributed by atoms with Crippen LogP contribution in [0.4, 0.5) is 15.8 Å². The molecule has 4 aliphatic heterocycles. The Balaban J connectivity index is 1.59. The SMILES string of the molecule is Cc1c(Cl)ccc2c1NC(=O)[C@]21[C@H]2C(=O)N(c3ccccc3F)C(=O)[C@@H]2[C@H]2CCCN21. The second-order valence-corrected chi connectivity index (χ2v) is 9.09. The first-order chi connectivity index (χ1) is 14.9. The van der Waals surface area contributed by atoms with E-state index in [2.05, 4.69) is 5.32 Å². The van der Waals surface area contributed by atoms with E-state index in [0.29, 0.717) is 29.2 Å². The number of fused-ring (bicyclic) bond motifs is 7. The highest BCUT2D eigenvalue weighted by Gasteiger charge is 2.74. The Hall–Kier alpha value is -2.77.